The minimum Gasteiger partial charge on any atom is -0.306 e. The molecule has 114 valence electrons. The van der Waals surface area contributed by atoms with Crippen molar-refractivity contribution < 1.29 is 0 Å². The first-order chi connectivity index (χ1) is 10.6. The fraction of sp³-hybridized carbons (Fsp3) is 0.278. The van der Waals surface area contributed by atoms with Crippen molar-refractivity contribution >= 4 is 17.4 Å². The van der Waals surface area contributed by atoms with Crippen molar-refractivity contribution in [2.75, 3.05) is 13.6 Å². The number of halogens is 1. The van der Waals surface area contributed by atoms with Crippen molar-refractivity contribution in [2.45, 2.75) is 18.9 Å². The normalized spacial score (nSPS) is 20.1. The van der Waals surface area contributed by atoms with Crippen LogP contribution in [0.15, 0.2) is 59.6 Å². The van der Waals surface area contributed by atoms with Crippen molar-refractivity contribution in [1.82, 2.24) is 10.4 Å². The van der Waals surface area contributed by atoms with Gasteiger partial charge in [-0.15, -0.1) is 0 Å². The quantitative estimate of drug-likeness (QED) is 0.935. The minimum absolute atomic E-state index is 0.0867. The molecule has 1 heterocycles. The fourth-order valence-corrected chi connectivity index (χ4v) is 3.02. The summed E-state index contributed by atoms with van der Waals surface area (Å²) in [6.45, 7) is 3.05. The minimum atomic E-state index is 0.0867. The third-order valence-corrected chi connectivity index (χ3v) is 4.06. The zero-order valence-electron chi connectivity index (χ0n) is 12.8. The molecule has 1 aliphatic rings. The Kier molecular flexibility index (Phi) is 4.46. The fourth-order valence-electron chi connectivity index (χ4n) is 2.89. The predicted molar refractivity (Wildman–Crippen MR) is 92.4 cm³/mol. The Balaban J connectivity index is 2.05. The van der Waals surface area contributed by atoms with Crippen molar-refractivity contribution in [1.29, 1.82) is 0 Å². The summed E-state index contributed by atoms with van der Waals surface area (Å²) in [6, 6.07) is 18.7. The van der Waals surface area contributed by atoms with Crippen molar-refractivity contribution in [3.63, 3.8) is 0 Å². The molecule has 1 N–H and O–H groups in total. The number of nitrogens with zero attached hydrogens (tertiary/aromatic N) is 2. The number of amidine groups is 1. The molecule has 0 bridgehead atoms. The van der Waals surface area contributed by atoms with Gasteiger partial charge in [0, 0.05) is 18.6 Å². The number of nitrogens with one attached hydrogen (secondary N) is 1. The van der Waals surface area contributed by atoms with Gasteiger partial charge in [-0.05, 0) is 30.2 Å². The highest BCUT2D eigenvalue weighted by atomic mass is 35.5. The Morgan fingerprint density at radius 1 is 1.09 bits per heavy atom. The Labute approximate surface area is 136 Å². The molecule has 0 spiro atoms. The van der Waals surface area contributed by atoms with Crippen molar-refractivity contribution in [3.8, 4) is 0 Å². The highest BCUT2D eigenvalue weighted by Gasteiger charge is 2.25. The maximum Gasteiger partial charge on any atom is 0.123 e. The van der Waals surface area contributed by atoms with E-state index in [0.717, 1.165) is 17.4 Å². The molecular weight excluding hydrogens is 294 g/mol. The Hall–Kier alpha value is -1.84. The second kappa shape index (κ2) is 6.51. The van der Waals surface area contributed by atoms with Crippen LogP contribution in [0.1, 0.15) is 24.0 Å². The van der Waals surface area contributed by atoms with E-state index >= 15 is 0 Å². The molecule has 4 heteroatoms. The summed E-state index contributed by atoms with van der Waals surface area (Å²) in [6.07, 6.45) is 0. The van der Waals surface area contributed by atoms with Crippen LogP contribution in [0.3, 0.4) is 0 Å². The molecule has 22 heavy (non-hydrogen) atoms. The third-order valence-electron chi connectivity index (χ3n) is 3.81. The molecule has 2 aromatic rings. The maximum atomic E-state index is 6.04. The van der Waals surface area contributed by atoms with Gasteiger partial charge in [0.15, 0.2) is 0 Å². The molecule has 2 aromatic carbocycles. The van der Waals surface area contributed by atoms with Gasteiger partial charge in [0.1, 0.15) is 5.84 Å². The van der Waals surface area contributed by atoms with Crippen molar-refractivity contribution in [3.05, 3.63) is 70.7 Å². The van der Waals surface area contributed by atoms with Crippen LogP contribution in [-0.4, -0.2) is 30.5 Å². The molecule has 0 saturated heterocycles. The number of hydrogen-bond donors (Lipinski definition) is 1. The number of benzene rings is 2. The molecule has 0 fully saturated rings. The number of rotatable bonds is 3. The zero-order valence-corrected chi connectivity index (χ0v) is 13.6. The monoisotopic (exact) mass is 313 g/mol. The van der Waals surface area contributed by atoms with Gasteiger partial charge >= 0.3 is 0 Å². The Morgan fingerprint density at radius 3 is 2.36 bits per heavy atom. The molecule has 2 atom stereocenters. The summed E-state index contributed by atoms with van der Waals surface area (Å²) in [5.74, 6) is 1.07. The first-order valence-electron chi connectivity index (χ1n) is 7.49. The summed E-state index contributed by atoms with van der Waals surface area (Å²) in [5, 5.41) is 2.85. The van der Waals surface area contributed by atoms with E-state index in [9.17, 15) is 0 Å². The molecule has 2 unspecified atom stereocenters. The average Bonchev–Trinajstić information content (AvgIpc) is 2.50. The van der Waals surface area contributed by atoms with Crippen LogP contribution in [0.5, 0.6) is 0 Å². The molecule has 0 aliphatic carbocycles. The van der Waals surface area contributed by atoms with Crippen LogP contribution >= 0.6 is 11.6 Å². The molecule has 0 radical (unpaired) electrons. The smallest absolute Gasteiger partial charge is 0.123 e. The number of likely N-dealkylation sites (N-methyl/N-ethyl adjacent to an activating group) is 1. The second-order valence-electron chi connectivity index (χ2n) is 5.75. The standard InChI is InChI=1S/C18H20ClN3/c1-13-12-22(2)21-18(20-13)17(14-6-4-3-5-7-14)15-8-10-16(19)11-9-15/h3-11,13,17H,12H2,1-2H3,(H,20,21). The lowest BCUT2D eigenvalue weighted by Crippen LogP contribution is -2.49. The van der Waals surface area contributed by atoms with E-state index in [1.54, 1.807) is 0 Å². The van der Waals surface area contributed by atoms with Crippen LogP contribution in [-0.2, 0) is 0 Å². The molecule has 1 aliphatic heterocycles. The van der Waals surface area contributed by atoms with Crippen LogP contribution in [0.25, 0.3) is 0 Å². The number of hydrogen-bond acceptors (Lipinski definition) is 3. The average molecular weight is 314 g/mol. The van der Waals surface area contributed by atoms with Gasteiger partial charge < -0.3 is 5.43 Å². The Bertz CT molecular complexity index is 652. The van der Waals surface area contributed by atoms with Crippen molar-refractivity contribution in [2.24, 2.45) is 4.99 Å². The summed E-state index contributed by atoms with van der Waals surface area (Å²) >= 11 is 6.04. The molecular formula is C18H20ClN3. The van der Waals surface area contributed by atoms with Crippen LogP contribution < -0.4 is 5.43 Å². The van der Waals surface area contributed by atoms with Gasteiger partial charge in [-0.3, -0.25) is 4.99 Å². The first-order valence-corrected chi connectivity index (χ1v) is 7.87. The largest absolute Gasteiger partial charge is 0.306 e. The predicted octanol–water partition coefficient (Wildman–Crippen LogP) is 3.71. The maximum absolute atomic E-state index is 6.04. The Morgan fingerprint density at radius 2 is 1.73 bits per heavy atom. The summed E-state index contributed by atoms with van der Waals surface area (Å²) in [5.41, 5.74) is 5.81. The number of aliphatic imine (C=N–C) groups is 1. The molecule has 0 aromatic heterocycles. The van der Waals surface area contributed by atoms with Gasteiger partial charge in [0.2, 0.25) is 0 Å². The lowest BCUT2D eigenvalue weighted by atomic mass is 9.90. The van der Waals surface area contributed by atoms with Crippen LogP contribution in [0.4, 0.5) is 0 Å². The summed E-state index contributed by atoms with van der Waals surface area (Å²) in [4.78, 5) is 4.84. The van der Waals surface area contributed by atoms with Gasteiger partial charge in [0.05, 0.1) is 12.0 Å². The second-order valence-corrected chi connectivity index (χ2v) is 6.19. The van der Waals surface area contributed by atoms with E-state index in [-0.39, 0.29) is 12.0 Å². The molecule has 3 rings (SSSR count). The summed E-state index contributed by atoms with van der Waals surface area (Å²) < 4.78 is 0. The van der Waals surface area contributed by atoms with E-state index in [4.69, 9.17) is 16.6 Å². The lowest BCUT2D eigenvalue weighted by Gasteiger charge is -2.32. The van der Waals surface area contributed by atoms with E-state index in [0.29, 0.717) is 0 Å². The van der Waals surface area contributed by atoms with Gasteiger partial charge in [-0.2, -0.15) is 0 Å². The molecule has 0 saturated carbocycles. The topological polar surface area (TPSA) is 27.6 Å². The third kappa shape index (κ3) is 3.32. The molecule has 3 nitrogen and oxygen atoms in total. The molecule has 0 amide bonds. The van der Waals surface area contributed by atoms with Gasteiger partial charge in [-0.25, -0.2) is 5.01 Å². The van der Waals surface area contributed by atoms with Gasteiger partial charge in [-0.1, -0.05) is 54.1 Å². The van der Waals surface area contributed by atoms with Crippen LogP contribution in [0.2, 0.25) is 5.02 Å². The highest BCUT2D eigenvalue weighted by Crippen LogP contribution is 2.28. The lowest BCUT2D eigenvalue weighted by molar-refractivity contribution is 0.258. The summed E-state index contributed by atoms with van der Waals surface area (Å²) in [7, 11) is 2.05. The highest BCUT2D eigenvalue weighted by molar-refractivity contribution is 6.30. The van der Waals surface area contributed by atoms with E-state index in [1.165, 1.54) is 11.1 Å². The number of hydrazine groups is 1. The van der Waals surface area contributed by atoms with E-state index in [1.807, 2.05) is 18.2 Å². The van der Waals surface area contributed by atoms with Gasteiger partial charge in [0.25, 0.3) is 0 Å². The van der Waals surface area contributed by atoms with E-state index < -0.39 is 0 Å². The van der Waals surface area contributed by atoms with E-state index in [2.05, 4.69) is 60.8 Å². The first kappa shape index (κ1) is 15.1. The SMILES string of the molecule is CC1CN(C)NC(C(c2ccccc2)c2ccc(Cl)cc2)=N1. The van der Waals surface area contributed by atoms with Crippen LogP contribution in [0, 0.1) is 0 Å². The zero-order chi connectivity index (χ0) is 15.5.